The van der Waals surface area contributed by atoms with Crippen LogP contribution in [0.15, 0.2) is 29.4 Å². The van der Waals surface area contributed by atoms with Crippen molar-refractivity contribution in [3.63, 3.8) is 0 Å². The van der Waals surface area contributed by atoms with Gasteiger partial charge in [-0.1, -0.05) is 17.7 Å². The third-order valence-corrected chi connectivity index (χ3v) is 3.46. The van der Waals surface area contributed by atoms with E-state index in [-0.39, 0.29) is 23.9 Å². The molecular formula is C15H16ClN3O3. The van der Waals surface area contributed by atoms with Crippen molar-refractivity contribution in [3.8, 4) is 5.75 Å². The molecule has 0 aromatic carbocycles. The molecule has 3 N–H and O–H groups in total. The Labute approximate surface area is 132 Å². The molecular weight excluding hydrogens is 306 g/mol. The summed E-state index contributed by atoms with van der Waals surface area (Å²) in [6.45, 7) is -0.179. The zero-order valence-corrected chi connectivity index (χ0v) is 12.8. The van der Waals surface area contributed by atoms with Gasteiger partial charge in [0.05, 0.1) is 6.54 Å². The molecule has 0 saturated heterocycles. The second-order valence-corrected chi connectivity index (χ2v) is 5.22. The largest absolute Gasteiger partial charge is 0.505 e. The normalized spacial score (nSPS) is 13.9. The van der Waals surface area contributed by atoms with Crippen LogP contribution in [0.3, 0.4) is 0 Å². The number of likely N-dealkylation sites (N-methyl/N-ethyl adjacent to an activating group) is 1. The minimum Gasteiger partial charge on any atom is -0.505 e. The van der Waals surface area contributed by atoms with Crippen molar-refractivity contribution in [2.45, 2.75) is 12.8 Å². The fourth-order valence-corrected chi connectivity index (χ4v) is 2.21. The topological polar surface area (TPSA) is 91.3 Å². The van der Waals surface area contributed by atoms with Gasteiger partial charge >= 0.3 is 0 Å². The van der Waals surface area contributed by atoms with E-state index in [4.69, 9.17) is 11.6 Å². The van der Waals surface area contributed by atoms with Gasteiger partial charge in [-0.15, -0.1) is 0 Å². The molecule has 0 unspecified atom stereocenters. The number of hydrogen-bond acceptors (Lipinski definition) is 4. The van der Waals surface area contributed by atoms with Gasteiger partial charge in [0.25, 0.3) is 5.91 Å². The van der Waals surface area contributed by atoms with Gasteiger partial charge in [0.2, 0.25) is 5.91 Å². The Morgan fingerprint density at radius 3 is 2.86 bits per heavy atom. The van der Waals surface area contributed by atoms with E-state index in [0.29, 0.717) is 5.56 Å². The number of rotatable bonds is 4. The van der Waals surface area contributed by atoms with Gasteiger partial charge in [0.1, 0.15) is 5.75 Å². The number of carbonyl (C=O) groups excluding carboxylic acids is 2. The third-order valence-electron chi connectivity index (χ3n) is 3.16. The molecule has 0 aliphatic heterocycles. The highest BCUT2D eigenvalue weighted by molar-refractivity contribution is 6.30. The van der Waals surface area contributed by atoms with Crippen LogP contribution in [0.1, 0.15) is 28.9 Å². The van der Waals surface area contributed by atoms with E-state index in [1.807, 2.05) is 12.2 Å². The minimum absolute atomic E-state index is 0.126. The summed E-state index contributed by atoms with van der Waals surface area (Å²) in [5.41, 5.74) is 1.41. The number of nitrogens with zero attached hydrogens (tertiary/aromatic N) is 1. The highest BCUT2D eigenvalue weighted by Crippen LogP contribution is 2.29. The van der Waals surface area contributed by atoms with Crippen LogP contribution in [0.4, 0.5) is 0 Å². The van der Waals surface area contributed by atoms with Gasteiger partial charge in [-0.25, -0.2) is 4.98 Å². The summed E-state index contributed by atoms with van der Waals surface area (Å²) in [5.74, 6) is -1.20. The number of hydrogen-bond donors (Lipinski definition) is 3. The Morgan fingerprint density at radius 1 is 1.45 bits per heavy atom. The minimum atomic E-state index is -0.612. The zero-order chi connectivity index (χ0) is 16.1. The molecule has 6 nitrogen and oxygen atoms in total. The van der Waals surface area contributed by atoms with Gasteiger partial charge in [0.15, 0.2) is 5.69 Å². The Morgan fingerprint density at radius 2 is 2.23 bits per heavy atom. The number of allylic oxidation sites excluding steroid dienone is 4. The molecule has 116 valence electrons. The quantitative estimate of drug-likeness (QED) is 0.785. The lowest BCUT2D eigenvalue weighted by Gasteiger charge is -2.11. The molecule has 0 saturated carbocycles. The average molecular weight is 322 g/mol. The first-order valence-corrected chi connectivity index (χ1v) is 7.13. The maximum atomic E-state index is 11.9. The van der Waals surface area contributed by atoms with Crippen molar-refractivity contribution >= 4 is 29.0 Å². The zero-order valence-electron chi connectivity index (χ0n) is 12.0. The molecule has 22 heavy (non-hydrogen) atoms. The first-order valence-electron chi connectivity index (χ1n) is 6.75. The maximum absolute atomic E-state index is 11.9. The Kier molecular flexibility index (Phi) is 5.16. The number of aromatic nitrogens is 1. The van der Waals surface area contributed by atoms with E-state index in [0.717, 1.165) is 23.4 Å². The Hall–Kier alpha value is -2.34. The van der Waals surface area contributed by atoms with Gasteiger partial charge in [0, 0.05) is 23.8 Å². The Bertz CT molecular complexity index is 668. The molecule has 1 aromatic rings. The van der Waals surface area contributed by atoms with Crippen molar-refractivity contribution in [1.29, 1.82) is 0 Å². The number of amides is 2. The SMILES string of the molecule is CNC(=O)CNC(=O)c1ncc(C2=CCCC(Cl)=C2)cc1O. The first-order chi connectivity index (χ1) is 10.5. The molecule has 0 fully saturated rings. The molecule has 1 aromatic heterocycles. The van der Waals surface area contributed by atoms with Crippen molar-refractivity contribution < 1.29 is 14.7 Å². The van der Waals surface area contributed by atoms with Crippen LogP contribution in [0.5, 0.6) is 5.75 Å². The monoisotopic (exact) mass is 321 g/mol. The van der Waals surface area contributed by atoms with Crippen LogP contribution in [-0.4, -0.2) is 35.5 Å². The predicted octanol–water partition coefficient (Wildman–Crippen LogP) is 1.56. The molecule has 0 spiro atoms. The highest BCUT2D eigenvalue weighted by atomic mass is 35.5. The second-order valence-electron chi connectivity index (χ2n) is 4.74. The van der Waals surface area contributed by atoms with E-state index < -0.39 is 5.91 Å². The molecule has 2 rings (SSSR count). The summed E-state index contributed by atoms with van der Waals surface area (Å²) >= 11 is 6.00. The van der Waals surface area contributed by atoms with Crippen LogP contribution in [0.2, 0.25) is 0 Å². The van der Waals surface area contributed by atoms with Crippen LogP contribution in [0.25, 0.3) is 5.57 Å². The molecule has 0 bridgehead atoms. The van der Waals surface area contributed by atoms with Crippen molar-refractivity contribution in [2.75, 3.05) is 13.6 Å². The molecule has 1 aliphatic carbocycles. The lowest BCUT2D eigenvalue weighted by atomic mass is 10.0. The molecule has 0 radical (unpaired) electrons. The van der Waals surface area contributed by atoms with E-state index >= 15 is 0 Å². The van der Waals surface area contributed by atoms with E-state index in [9.17, 15) is 14.7 Å². The van der Waals surface area contributed by atoms with Crippen LogP contribution in [0, 0.1) is 0 Å². The lowest BCUT2D eigenvalue weighted by molar-refractivity contribution is -0.119. The van der Waals surface area contributed by atoms with Gasteiger partial charge < -0.3 is 15.7 Å². The molecule has 0 atom stereocenters. The number of aromatic hydroxyl groups is 1. The van der Waals surface area contributed by atoms with E-state index in [2.05, 4.69) is 15.6 Å². The average Bonchev–Trinajstić information content (AvgIpc) is 2.52. The summed E-state index contributed by atoms with van der Waals surface area (Å²) in [6, 6.07) is 1.46. The fourth-order valence-electron chi connectivity index (χ4n) is 1.99. The van der Waals surface area contributed by atoms with Gasteiger partial charge in [-0.3, -0.25) is 9.59 Å². The van der Waals surface area contributed by atoms with Crippen molar-refractivity contribution in [1.82, 2.24) is 15.6 Å². The summed E-state index contributed by atoms with van der Waals surface area (Å²) in [5, 5.41) is 15.5. The molecule has 2 amide bonds. The first kappa shape index (κ1) is 16.0. The fraction of sp³-hybridized carbons (Fsp3) is 0.267. The summed E-state index contributed by atoms with van der Waals surface area (Å²) in [7, 11) is 1.47. The van der Waals surface area contributed by atoms with Crippen LogP contribution in [-0.2, 0) is 4.79 Å². The molecule has 1 heterocycles. The van der Waals surface area contributed by atoms with E-state index in [1.54, 1.807) is 0 Å². The summed E-state index contributed by atoms with van der Waals surface area (Å²) in [4.78, 5) is 26.9. The maximum Gasteiger partial charge on any atom is 0.274 e. The number of halogens is 1. The van der Waals surface area contributed by atoms with Gasteiger partial charge in [-0.05, 0) is 30.6 Å². The third kappa shape index (κ3) is 3.85. The predicted molar refractivity (Wildman–Crippen MR) is 83.4 cm³/mol. The van der Waals surface area contributed by atoms with Crippen molar-refractivity contribution in [3.05, 3.63) is 40.7 Å². The summed E-state index contributed by atoms with van der Waals surface area (Å²) in [6.07, 6.45) is 6.91. The van der Waals surface area contributed by atoms with E-state index in [1.165, 1.54) is 19.3 Å². The van der Waals surface area contributed by atoms with Gasteiger partial charge in [-0.2, -0.15) is 0 Å². The standard InChI is InChI=1S/C15H16ClN3O3/c1-17-13(21)8-19-15(22)14-12(20)6-10(7-18-14)9-3-2-4-11(16)5-9/h3,5-7,20H,2,4,8H2,1H3,(H,17,21)(H,19,22). The van der Waals surface area contributed by atoms with Crippen molar-refractivity contribution in [2.24, 2.45) is 0 Å². The Balaban J connectivity index is 2.14. The number of nitrogens with one attached hydrogen (secondary N) is 2. The smallest absolute Gasteiger partial charge is 0.274 e. The second kappa shape index (κ2) is 7.09. The highest BCUT2D eigenvalue weighted by Gasteiger charge is 2.15. The summed E-state index contributed by atoms with van der Waals surface area (Å²) < 4.78 is 0. The lowest BCUT2D eigenvalue weighted by Crippen LogP contribution is -2.35. The molecule has 7 heteroatoms. The number of pyridine rings is 1. The number of carbonyl (C=O) groups is 2. The van der Waals surface area contributed by atoms with Crippen LogP contribution < -0.4 is 10.6 Å². The van der Waals surface area contributed by atoms with Crippen LogP contribution >= 0.6 is 11.6 Å². The molecule has 1 aliphatic rings.